The minimum absolute atomic E-state index is 0. The fraction of sp³-hybridized carbons (Fsp3) is 0.682. The van der Waals surface area contributed by atoms with Gasteiger partial charge in [0.1, 0.15) is 5.82 Å². The summed E-state index contributed by atoms with van der Waals surface area (Å²) in [5, 5.41) is 6.91. The molecule has 0 aliphatic carbocycles. The zero-order valence-corrected chi connectivity index (χ0v) is 20.5. The Morgan fingerprint density at radius 2 is 2.10 bits per heavy atom. The Bertz CT molecular complexity index is 663. The molecule has 2 N–H and O–H groups in total. The molecule has 2 aliphatic rings. The SMILES string of the molecule is CCNC(=NCc1ccc(F)c(COC)c1)NC1CCN(CC2CCOC2)CC1.I. The van der Waals surface area contributed by atoms with Crippen LogP contribution in [0.3, 0.4) is 0 Å². The van der Waals surface area contributed by atoms with Gasteiger partial charge in [-0.05, 0) is 49.8 Å². The number of piperidine rings is 1. The van der Waals surface area contributed by atoms with E-state index < -0.39 is 0 Å². The lowest BCUT2D eigenvalue weighted by molar-refractivity contribution is 0.150. The summed E-state index contributed by atoms with van der Waals surface area (Å²) in [4.78, 5) is 7.28. The van der Waals surface area contributed by atoms with Crippen molar-refractivity contribution in [1.29, 1.82) is 0 Å². The fourth-order valence-electron chi connectivity index (χ4n) is 4.03. The lowest BCUT2D eigenvalue weighted by Crippen LogP contribution is -2.49. The number of ether oxygens (including phenoxy) is 2. The number of benzene rings is 1. The van der Waals surface area contributed by atoms with Crippen LogP contribution in [0.25, 0.3) is 0 Å². The number of hydrogen-bond donors (Lipinski definition) is 2. The molecule has 2 fully saturated rings. The summed E-state index contributed by atoms with van der Waals surface area (Å²) in [5.74, 6) is 1.30. The Kier molecular flexibility index (Phi) is 11.3. The molecule has 3 rings (SSSR count). The van der Waals surface area contributed by atoms with E-state index in [1.807, 2.05) is 6.07 Å². The molecule has 2 aliphatic heterocycles. The summed E-state index contributed by atoms with van der Waals surface area (Å²) in [5.41, 5.74) is 1.54. The Morgan fingerprint density at radius 3 is 2.77 bits per heavy atom. The van der Waals surface area contributed by atoms with Crippen molar-refractivity contribution in [3.8, 4) is 0 Å². The third-order valence-electron chi connectivity index (χ3n) is 5.64. The van der Waals surface area contributed by atoms with Gasteiger partial charge >= 0.3 is 0 Å². The van der Waals surface area contributed by atoms with Crippen molar-refractivity contribution in [2.75, 3.05) is 46.5 Å². The highest BCUT2D eigenvalue weighted by Gasteiger charge is 2.24. The summed E-state index contributed by atoms with van der Waals surface area (Å²) < 4.78 is 24.4. The molecule has 0 radical (unpaired) electrons. The van der Waals surface area contributed by atoms with Gasteiger partial charge in [-0.3, -0.25) is 0 Å². The monoisotopic (exact) mass is 534 g/mol. The highest BCUT2D eigenvalue weighted by molar-refractivity contribution is 14.0. The zero-order valence-electron chi connectivity index (χ0n) is 18.2. The molecule has 0 bridgehead atoms. The van der Waals surface area contributed by atoms with E-state index in [9.17, 15) is 4.39 Å². The molecular weight excluding hydrogens is 498 g/mol. The number of nitrogens with zero attached hydrogens (tertiary/aromatic N) is 2. The molecule has 1 unspecified atom stereocenters. The third kappa shape index (κ3) is 7.94. The number of guanidine groups is 1. The predicted molar refractivity (Wildman–Crippen MR) is 129 cm³/mol. The standard InChI is InChI=1S/C22H35FN4O2.HI/c1-3-24-22(25-13-17-4-5-21(23)19(12-17)16-28-2)26-20-6-9-27(10-7-20)14-18-8-11-29-15-18;/h4-5,12,18,20H,3,6-11,13-16H2,1-2H3,(H2,24,25,26);1H. The molecule has 8 heteroatoms. The van der Waals surface area contributed by atoms with Crippen LogP contribution >= 0.6 is 24.0 Å². The summed E-state index contributed by atoms with van der Waals surface area (Å²) in [6.45, 7) is 8.90. The topological polar surface area (TPSA) is 58.1 Å². The van der Waals surface area contributed by atoms with Crippen molar-refractivity contribution in [2.45, 2.75) is 45.4 Å². The number of rotatable bonds is 8. The van der Waals surface area contributed by atoms with E-state index in [0.29, 0.717) is 24.1 Å². The largest absolute Gasteiger partial charge is 0.381 e. The number of aliphatic imine (C=N–C) groups is 1. The summed E-state index contributed by atoms with van der Waals surface area (Å²) in [6.07, 6.45) is 3.43. The maximum absolute atomic E-state index is 13.8. The van der Waals surface area contributed by atoms with Crippen LogP contribution < -0.4 is 10.6 Å². The second kappa shape index (κ2) is 13.4. The fourth-order valence-corrected chi connectivity index (χ4v) is 4.03. The van der Waals surface area contributed by atoms with Gasteiger partial charge in [0, 0.05) is 51.5 Å². The molecular formula is C22H36FIN4O2. The molecule has 6 nitrogen and oxygen atoms in total. The van der Waals surface area contributed by atoms with Crippen LogP contribution in [-0.2, 0) is 22.6 Å². The summed E-state index contributed by atoms with van der Waals surface area (Å²) >= 11 is 0. The van der Waals surface area contributed by atoms with E-state index >= 15 is 0 Å². The van der Waals surface area contributed by atoms with Crippen molar-refractivity contribution in [2.24, 2.45) is 10.9 Å². The summed E-state index contributed by atoms with van der Waals surface area (Å²) in [7, 11) is 1.57. The van der Waals surface area contributed by atoms with Crippen molar-refractivity contribution in [1.82, 2.24) is 15.5 Å². The Hall–Kier alpha value is -0.970. The maximum Gasteiger partial charge on any atom is 0.191 e. The Labute approximate surface area is 197 Å². The zero-order chi connectivity index (χ0) is 20.5. The first-order valence-electron chi connectivity index (χ1n) is 10.8. The first kappa shape index (κ1) is 25.3. The van der Waals surface area contributed by atoms with Crippen molar-refractivity contribution < 1.29 is 13.9 Å². The first-order chi connectivity index (χ1) is 14.2. The van der Waals surface area contributed by atoms with Crippen LogP contribution in [0, 0.1) is 11.7 Å². The van der Waals surface area contributed by atoms with E-state index in [2.05, 4.69) is 22.5 Å². The van der Waals surface area contributed by atoms with Gasteiger partial charge in [0.05, 0.1) is 19.8 Å². The van der Waals surface area contributed by atoms with Crippen LogP contribution in [0.4, 0.5) is 4.39 Å². The van der Waals surface area contributed by atoms with Gasteiger partial charge in [0.2, 0.25) is 0 Å². The Morgan fingerprint density at radius 1 is 1.30 bits per heavy atom. The second-order valence-corrected chi connectivity index (χ2v) is 8.00. The molecule has 0 spiro atoms. The van der Waals surface area contributed by atoms with E-state index in [4.69, 9.17) is 14.5 Å². The predicted octanol–water partition coefficient (Wildman–Crippen LogP) is 3.15. The number of likely N-dealkylation sites (tertiary alicyclic amines) is 1. The number of nitrogens with one attached hydrogen (secondary N) is 2. The van der Waals surface area contributed by atoms with E-state index in [-0.39, 0.29) is 36.4 Å². The average Bonchev–Trinajstić information content (AvgIpc) is 3.23. The molecule has 170 valence electrons. The van der Waals surface area contributed by atoms with Crippen LogP contribution in [-0.4, -0.2) is 63.4 Å². The number of hydrogen-bond acceptors (Lipinski definition) is 4. The molecule has 1 atom stereocenters. The van der Waals surface area contributed by atoms with Gasteiger partial charge in [-0.2, -0.15) is 0 Å². The normalized spacial score (nSPS) is 20.8. The van der Waals surface area contributed by atoms with Gasteiger partial charge in [-0.25, -0.2) is 9.38 Å². The highest BCUT2D eigenvalue weighted by atomic mass is 127. The molecule has 1 aromatic carbocycles. The van der Waals surface area contributed by atoms with Gasteiger partial charge in [-0.15, -0.1) is 24.0 Å². The molecule has 1 aromatic rings. The van der Waals surface area contributed by atoms with Gasteiger partial charge < -0.3 is 25.0 Å². The third-order valence-corrected chi connectivity index (χ3v) is 5.64. The smallest absolute Gasteiger partial charge is 0.191 e. The lowest BCUT2D eigenvalue weighted by atomic mass is 10.0. The summed E-state index contributed by atoms with van der Waals surface area (Å²) in [6, 6.07) is 5.54. The van der Waals surface area contributed by atoms with E-state index in [1.165, 1.54) is 12.5 Å². The van der Waals surface area contributed by atoms with Gasteiger partial charge in [0.25, 0.3) is 0 Å². The maximum atomic E-state index is 13.8. The number of methoxy groups -OCH3 is 1. The first-order valence-corrected chi connectivity index (χ1v) is 10.8. The Balaban J connectivity index is 0.00000320. The molecule has 2 saturated heterocycles. The molecule has 0 amide bonds. The van der Waals surface area contributed by atoms with Crippen molar-refractivity contribution in [3.63, 3.8) is 0 Å². The van der Waals surface area contributed by atoms with Gasteiger partial charge in [0.15, 0.2) is 5.96 Å². The van der Waals surface area contributed by atoms with Gasteiger partial charge in [-0.1, -0.05) is 6.07 Å². The minimum Gasteiger partial charge on any atom is -0.381 e. The van der Waals surface area contributed by atoms with Crippen molar-refractivity contribution >= 4 is 29.9 Å². The second-order valence-electron chi connectivity index (χ2n) is 8.00. The lowest BCUT2D eigenvalue weighted by Gasteiger charge is -2.34. The van der Waals surface area contributed by atoms with Crippen LogP contribution in [0.1, 0.15) is 37.3 Å². The molecule has 0 saturated carbocycles. The molecule has 0 aromatic heterocycles. The average molecular weight is 534 g/mol. The van der Waals surface area contributed by atoms with E-state index in [0.717, 1.165) is 63.8 Å². The van der Waals surface area contributed by atoms with E-state index in [1.54, 1.807) is 13.2 Å². The van der Waals surface area contributed by atoms with Crippen LogP contribution in [0.15, 0.2) is 23.2 Å². The highest BCUT2D eigenvalue weighted by Crippen LogP contribution is 2.18. The number of halogens is 2. The molecule has 2 heterocycles. The minimum atomic E-state index is -0.236. The van der Waals surface area contributed by atoms with Crippen LogP contribution in [0.2, 0.25) is 0 Å². The quantitative estimate of drug-likeness (QED) is 0.305. The molecule has 30 heavy (non-hydrogen) atoms. The van der Waals surface area contributed by atoms with Crippen molar-refractivity contribution in [3.05, 3.63) is 35.1 Å². The van der Waals surface area contributed by atoms with Crippen LogP contribution in [0.5, 0.6) is 0 Å².